The van der Waals surface area contributed by atoms with Gasteiger partial charge in [-0.25, -0.2) is 13.1 Å². The summed E-state index contributed by atoms with van der Waals surface area (Å²) < 4.78 is 32.9. The zero-order valence-corrected chi connectivity index (χ0v) is 13.1. The number of benzene rings is 1. The van der Waals surface area contributed by atoms with Crippen molar-refractivity contribution in [1.29, 1.82) is 5.26 Å². The number of nitriles is 1. The van der Waals surface area contributed by atoms with Crippen LogP contribution in [0.1, 0.15) is 37.8 Å². The van der Waals surface area contributed by atoms with E-state index in [1.54, 1.807) is 24.3 Å². The molecule has 1 fully saturated rings. The third-order valence-corrected chi connectivity index (χ3v) is 4.91. The minimum Gasteiger partial charge on any atom is -0.375 e. The van der Waals surface area contributed by atoms with Crippen LogP contribution in [-0.2, 0) is 20.5 Å². The molecule has 1 aliphatic heterocycles. The second-order valence-corrected chi connectivity index (χ2v) is 7.70. The summed E-state index contributed by atoms with van der Waals surface area (Å²) in [5.74, 6) is -0.172. The molecule has 0 saturated carbocycles. The Bertz CT molecular complexity index is 647. The molecule has 1 atom stereocenters. The van der Waals surface area contributed by atoms with Crippen LogP contribution in [0.3, 0.4) is 0 Å². The highest BCUT2D eigenvalue weighted by Crippen LogP contribution is 2.24. The SMILES string of the molecule is CC1(C)CC(NS(=O)(=O)Cc2ccccc2C#N)CCO1. The van der Waals surface area contributed by atoms with Gasteiger partial charge in [0.05, 0.1) is 23.0 Å². The van der Waals surface area contributed by atoms with Crippen molar-refractivity contribution in [3.63, 3.8) is 0 Å². The molecule has 5 nitrogen and oxygen atoms in total. The van der Waals surface area contributed by atoms with Crippen LogP contribution < -0.4 is 4.72 Å². The molecule has 21 heavy (non-hydrogen) atoms. The van der Waals surface area contributed by atoms with Crippen molar-refractivity contribution in [2.75, 3.05) is 6.61 Å². The highest BCUT2D eigenvalue weighted by molar-refractivity contribution is 7.88. The molecule has 0 bridgehead atoms. The molecule has 1 unspecified atom stereocenters. The Morgan fingerprint density at radius 3 is 2.81 bits per heavy atom. The number of nitrogens with one attached hydrogen (secondary N) is 1. The van der Waals surface area contributed by atoms with Crippen LogP contribution in [0.5, 0.6) is 0 Å². The minimum absolute atomic E-state index is 0.118. The molecule has 1 N–H and O–H groups in total. The van der Waals surface area contributed by atoms with E-state index in [1.807, 2.05) is 19.9 Å². The lowest BCUT2D eigenvalue weighted by Gasteiger charge is -2.35. The molecular weight excluding hydrogens is 288 g/mol. The molecule has 1 aliphatic rings. The lowest BCUT2D eigenvalue weighted by molar-refractivity contribution is -0.0599. The summed E-state index contributed by atoms with van der Waals surface area (Å²) in [4.78, 5) is 0. The number of nitrogens with zero attached hydrogens (tertiary/aromatic N) is 1. The number of sulfonamides is 1. The van der Waals surface area contributed by atoms with E-state index in [9.17, 15) is 8.42 Å². The fourth-order valence-electron chi connectivity index (χ4n) is 2.59. The van der Waals surface area contributed by atoms with E-state index < -0.39 is 10.0 Å². The van der Waals surface area contributed by atoms with E-state index in [2.05, 4.69) is 4.72 Å². The molecule has 0 aromatic heterocycles. The third kappa shape index (κ3) is 4.53. The lowest BCUT2D eigenvalue weighted by Crippen LogP contribution is -2.46. The topological polar surface area (TPSA) is 79.2 Å². The van der Waals surface area contributed by atoms with Crippen molar-refractivity contribution in [3.8, 4) is 6.07 Å². The second-order valence-electron chi connectivity index (χ2n) is 5.94. The van der Waals surface area contributed by atoms with Crippen LogP contribution in [0.15, 0.2) is 24.3 Å². The molecule has 1 saturated heterocycles. The molecule has 6 heteroatoms. The van der Waals surface area contributed by atoms with Gasteiger partial charge in [-0.3, -0.25) is 0 Å². The Labute approximate surface area is 126 Å². The van der Waals surface area contributed by atoms with Crippen LogP contribution in [0.4, 0.5) is 0 Å². The van der Waals surface area contributed by atoms with Crippen molar-refractivity contribution < 1.29 is 13.2 Å². The van der Waals surface area contributed by atoms with E-state index in [4.69, 9.17) is 10.00 Å². The summed E-state index contributed by atoms with van der Waals surface area (Å²) in [5.41, 5.74) is 0.615. The summed E-state index contributed by atoms with van der Waals surface area (Å²) in [7, 11) is -3.47. The first-order chi connectivity index (χ1) is 9.81. The first kappa shape index (κ1) is 16.0. The van der Waals surface area contributed by atoms with E-state index in [0.29, 0.717) is 30.6 Å². The Morgan fingerprint density at radius 1 is 1.43 bits per heavy atom. The van der Waals surface area contributed by atoms with E-state index in [-0.39, 0.29) is 17.4 Å². The molecule has 0 radical (unpaired) electrons. The van der Waals surface area contributed by atoms with Gasteiger partial charge in [-0.2, -0.15) is 5.26 Å². The van der Waals surface area contributed by atoms with Crippen molar-refractivity contribution >= 4 is 10.0 Å². The van der Waals surface area contributed by atoms with Crippen molar-refractivity contribution in [2.24, 2.45) is 0 Å². The number of hydrogen-bond acceptors (Lipinski definition) is 4. The van der Waals surface area contributed by atoms with Crippen LogP contribution in [-0.4, -0.2) is 26.7 Å². The molecule has 0 amide bonds. The highest BCUT2D eigenvalue weighted by Gasteiger charge is 2.31. The van der Waals surface area contributed by atoms with Crippen LogP contribution in [0, 0.1) is 11.3 Å². The van der Waals surface area contributed by atoms with Gasteiger partial charge in [-0.1, -0.05) is 18.2 Å². The van der Waals surface area contributed by atoms with Gasteiger partial charge in [0.15, 0.2) is 0 Å². The lowest BCUT2D eigenvalue weighted by atomic mass is 9.95. The quantitative estimate of drug-likeness (QED) is 0.922. The number of ether oxygens (including phenoxy) is 1. The zero-order valence-electron chi connectivity index (χ0n) is 12.3. The van der Waals surface area contributed by atoms with Gasteiger partial charge in [0.2, 0.25) is 10.0 Å². The molecule has 0 spiro atoms. The maximum atomic E-state index is 12.3. The molecule has 114 valence electrons. The first-order valence-electron chi connectivity index (χ1n) is 6.93. The largest absolute Gasteiger partial charge is 0.375 e. The van der Waals surface area contributed by atoms with Gasteiger partial charge in [0.25, 0.3) is 0 Å². The third-order valence-electron chi connectivity index (χ3n) is 3.53. The van der Waals surface area contributed by atoms with Gasteiger partial charge in [-0.15, -0.1) is 0 Å². The molecule has 2 rings (SSSR count). The Kier molecular flexibility index (Phi) is 4.67. The van der Waals surface area contributed by atoms with Gasteiger partial charge in [0, 0.05) is 12.6 Å². The van der Waals surface area contributed by atoms with E-state index in [1.165, 1.54) is 0 Å². The summed E-state index contributed by atoms with van der Waals surface area (Å²) in [6.45, 7) is 4.46. The Hall–Kier alpha value is -1.42. The van der Waals surface area contributed by atoms with Gasteiger partial charge >= 0.3 is 0 Å². The summed E-state index contributed by atoms with van der Waals surface area (Å²) in [6.07, 6.45) is 1.31. The molecular formula is C15H20N2O3S. The van der Waals surface area contributed by atoms with Crippen LogP contribution in [0.25, 0.3) is 0 Å². The normalized spacial score (nSPS) is 21.7. The number of rotatable bonds is 4. The predicted molar refractivity (Wildman–Crippen MR) is 80.0 cm³/mol. The predicted octanol–water partition coefficient (Wildman–Crippen LogP) is 1.94. The average molecular weight is 308 g/mol. The second kappa shape index (κ2) is 6.14. The van der Waals surface area contributed by atoms with E-state index >= 15 is 0 Å². The van der Waals surface area contributed by atoms with Gasteiger partial charge < -0.3 is 4.74 Å². The molecule has 1 aromatic rings. The summed E-state index contributed by atoms with van der Waals surface area (Å²) >= 11 is 0. The van der Waals surface area contributed by atoms with Gasteiger partial charge in [0.1, 0.15) is 0 Å². The van der Waals surface area contributed by atoms with Crippen molar-refractivity contribution in [2.45, 2.75) is 44.1 Å². The molecule has 1 aromatic carbocycles. The average Bonchev–Trinajstić information content (AvgIpc) is 2.37. The van der Waals surface area contributed by atoms with E-state index in [0.717, 1.165) is 0 Å². The van der Waals surface area contributed by atoms with Crippen LogP contribution in [0.2, 0.25) is 0 Å². The standard InChI is InChI=1S/C15H20N2O3S/c1-15(2)9-14(7-8-20-15)17-21(18,19)11-13-6-4-3-5-12(13)10-16/h3-6,14,17H,7-9,11H2,1-2H3. The van der Waals surface area contributed by atoms with Gasteiger partial charge in [-0.05, 0) is 38.3 Å². The molecule has 0 aliphatic carbocycles. The molecule has 1 heterocycles. The smallest absolute Gasteiger partial charge is 0.216 e. The Balaban J connectivity index is 2.07. The maximum Gasteiger partial charge on any atom is 0.216 e. The first-order valence-corrected chi connectivity index (χ1v) is 8.58. The fraction of sp³-hybridized carbons (Fsp3) is 0.533. The van der Waals surface area contributed by atoms with Crippen molar-refractivity contribution in [1.82, 2.24) is 4.72 Å². The minimum atomic E-state index is -3.47. The maximum absolute atomic E-state index is 12.3. The summed E-state index contributed by atoms with van der Waals surface area (Å²) in [5, 5.41) is 9.02. The zero-order chi connectivity index (χ0) is 15.5. The highest BCUT2D eigenvalue weighted by atomic mass is 32.2. The Morgan fingerprint density at radius 2 is 2.14 bits per heavy atom. The monoisotopic (exact) mass is 308 g/mol. The van der Waals surface area contributed by atoms with Crippen LogP contribution >= 0.6 is 0 Å². The summed E-state index contributed by atoms with van der Waals surface area (Å²) in [6, 6.07) is 8.67. The number of hydrogen-bond donors (Lipinski definition) is 1. The fourth-order valence-corrected chi connectivity index (χ4v) is 4.04. The van der Waals surface area contributed by atoms with Crippen molar-refractivity contribution in [3.05, 3.63) is 35.4 Å².